The first-order valence-electron chi connectivity index (χ1n) is 8.60. The Morgan fingerprint density at radius 2 is 1.81 bits per heavy atom. The second kappa shape index (κ2) is 7.63. The highest BCUT2D eigenvalue weighted by Gasteiger charge is 2.43. The maximum Gasteiger partial charge on any atom is 0.322 e. The Bertz CT molecular complexity index is 699. The molecule has 8 heteroatoms. The van der Waals surface area contributed by atoms with Gasteiger partial charge >= 0.3 is 6.03 Å². The highest BCUT2D eigenvalue weighted by molar-refractivity contribution is 6.07. The first-order chi connectivity index (χ1) is 11.8. The summed E-state index contributed by atoms with van der Waals surface area (Å²) in [6.45, 7) is 5.08. The number of urea groups is 1. The molecule has 2 aliphatic rings. The maximum atomic E-state index is 12.7. The maximum absolute atomic E-state index is 12.7. The Hall–Kier alpha value is -2.12. The second-order valence-electron chi connectivity index (χ2n) is 7.10. The number of benzene rings is 1. The number of nitrogens with one attached hydrogen (secondary N) is 2. The number of imide groups is 1. The minimum Gasteiger partial charge on any atom is -0.339 e. The first kappa shape index (κ1) is 20.2. The molecule has 7 nitrogen and oxygen atoms in total. The van der Waals surface area contributed by atoms with Gasteiger partial charge in [0.15, 0.2) is 0 Å². The number of halogens is 1. The molecule has 0 aliphatic carbocycles. The van der Waals surface area contributed by atoms with E-state index in [0.717, 1.165) is 12.8 Å². The quantitative estimate of drug-likeness (QED) is 0.688. The third-order valence-corrected chi connectivity index (χ3v) is 5.32. The van der Waals surface area contributed by atoms with Crippen molar-refractivity contribution >= 4 is 30.3 Å². The van der Waals surface area contributed by atoms with Gasteiger partial charge in [0.05, 0.1) is 0 Å². The second-order valence-corrected chi connectivity index (χ2v) is 7.10. The minimum atomic E-state index is -1.10. The Morgan fingerprint density at radius 1 is 1.23 bits per heavy atom. The van der Waals surface area contributed by atoms with Crippen LogP contribution in [0, 0.1) is 5.92 Å². The van der Waals surface area contributed by atoms with Crippen molar-refractivity contribution < 1.29 is 14.4 Å². The Kier molecular flexibility index (Phi) is 5.93. The van der Waals surface area contributed by atoms with Gasteiger partial charge in [0.2, 0.25) is 0 Å². The Balaban J connectivity index is 0.00000243. The van der Waals surface area contributed by atoms with Gasteiger partial charge in [-0.3, -0.25) is 14.9 Å². The summed E-state index contributed by atoms with van der Waals surface area (Å²) in [7, 11) is 0. The van der Waals surface area contributed by atoms with E-state index in [1.807, 2.05) is 11.8 Å². The molecule has 142 valence electrons. The van der Waals surface area contributed by atoms with Gasteiger partial charge in [0.1, 0.15) is 5.54 Å². The lowest BCUT2D eigenvalue weighted by molar-refractivity contribution is -0.123. The zero-order valence-corrected chi connectivity index (χ0v) is 15.8. The van der Waals surface area contributed by atoms with Crippen LogP contribution in [0.25, 0.3) is 0 Å². The van der Waals surface area contributed by atoms with Crippen LogP contribution in [0.5, 0.6) is 0 Å². The number of rotatable bonds is 3. The van der Waals surface area contributed by atoms with E-state index in [1.54, 1.807) is 31.2 Å². The third kappa shape index (κ3) is 3.68. The lowest BCUT2D eigenvalue weighted by Crippen LogP contribution is -2.42. The molecular formula is C18H25ClN4O3. The van der Waals surface area contributed by atoms with Gasteiger partial charge in [0.25, 0.3) is 11.8 Å². The monoisotopic (exact) mass is 380 g/mol. The number of nitrogens with two attached hydrogens (primary N) is 1. The van der Waals surface area contributed by atoms with Crippen LogP contribution < -0.4 is 16.4 Å². The van der Waals surface area contributed by atoms with Gasteiger partial charge in [-0.05, 0) is 50.3 Å². The van der Waals surface area contributed by atoms with Crippen molar-refractivity contribution in [1.82, 2.24) is 15.5 Å². The number of nitrogens with zero attached hydrogens (tertiary/aromatic N) is 1. The standard InChI is InChI=1S/C18H24N4O3.ClH/c1-11(19)12-7-9-22(10-8-12)15(23)13-3-5-14(6-4-13)18(2)16(24)20-17(25)21-18;/h3-6,11-12H,7-10,19H2,1-2H3,(H2,20,21,24,25);1H. The number of hydrogen-bond acceptors (Lipinski definition) is 4. The van der Waals surface area contributed by atoms with Crippen LogP contribution in [0.4, 0.5) is 4.79 Å². The molecule has 3 rings (SSSR count). The van der Waals surface area contributed by atoms with Crippen molar-refractivity contribution in [3.63, 3.8) is 0 Å². The average Bonchev–Trinajstić information content (AvgIpc) is 2.87. The van der Waals surface area contributed by atoms with Crippen LogP contribution in [0.2, 0.25) is 0 Å². The highest BCUT2D eigenvalue weighted by Crippen LogP contribution is 2.26. The first-order valence-corrected chi connectivity index (χ1v) is 8.60. The van der Waals surface area contributed by atoms with E-state index in [9.17, 15) is 14.4 Å². The molecule has 26 heavy (non-hydrogen) atoms. The van der Waals surface area contributed by atoms with E-state index in [1.165, 1.54) is 0 Å². The van der Waals surface area contributed by atoms with Gasteiger partial charge in [-0.2, -0.15) is 0 Å². The topological polar surface area (TPSA) is 105 Å². The summed E-state index contributed by atoms with van der Waals surface area (Å²) in [4.78, 5) is 37.9. The molecule has 2 heterocycles. The molecule has 2 atom stereocenters. The lowest BCUT2D eigenvalue weighted by Gasteiger charge is -2.33. The molecule has 4 amide bonds. The summed E-state index contributed by atoms with van der Waals surface area (Å²) in [6.07, 6.45) is 1.84. The van der Waals surface area contributed by atoms with Crippen molar-refractivity contribution in [2.24, 2.45) is 11.7 Å². The van der Waals surface area contributed by atoms with Crippen molar-refractivity contribution in [2.45, 2.75) is 38.3 Å². The molecule has 2 unspecified atom stereocenters. The molecule has 1 aromatic carbocycles. The zero-order valence-electron chi connectivity index (χ0n) is 15.0. The summed E-state index contributed by atoms with van der Waals surface area (Å²) in [5.41, 5.74) is 6.06. The van der Waals surface area contributed by atoms with Crippen LogP contribution in [-0.4, -0.2) is 41.9 Å². The summed E-state index contributed by atoms with van der Waals surface area (Å²) >= 11 is 0. The molecule has 0 saturated carbocycles. The van der Waals surface area contributed by atoms with Crippen molar-refractivity contribution in [1.29, 1.82) is 0 Å². The molecule has 0 aromatic heterocycles. The highest BCUT2D eigenvalue weighted by atomic mass is 35.5. The molecule has 0 bridgehead atoms. The molecule has 2 saturated heterocycles. The number of piperidine rings is 1. The van der Waals surface area contributed by atoms with E-state index in [0.29, 0.717) is 30.1 Å². The summed E-state index contributed by atoms with van der Waals surface area (Å²) < 4.78 is 0. The summed E-state index contributed by atoms with van der Waals surface area (Å²) in [5, 5.41) is 4.85. The zero-order chi connectivity index (χ0) is 18.2. The van der Waals surface area contributed by atoms with Crippen LogP contribution in [0.1, 0.15) is 42.6 Å². The normalized spacial score (nSPS) is 24.5. The smallest absolute Gasteiger partial charge is 0.322 e. The predicted octanol–water partition coefficient (Wildman–Crippen LogP) is 1.36. The summed E-state index contributed by atoms with van der Waals surface area (Å²) in [6, 6.07) is 6.49. The van der Waals surface area contributed by atoms with Crippen molar-refractivity contribution in [3.05, 3.63) is 35.4 Å². The number of carbonyl (C=O) groups excluding carboxylic acids is 3. The molecule has 0 spiro atoms. The molecular weight excluding hydrogens is 356 g/mol. The Morgan fingerprint density at radius 3 is 2.27 bits per heavy atom. The van der Waals surface area contributed by atoms with Gasteiger partial charge < -0.3 is 16.0 Å². The largest absolute Gasteiger partial charge is 0.339 e. The van der Waals surface area contributed by atoms with Crippen LogP contribution in [0.15, 0.2) is 24.3 Å². The van der Waals surface area contributed by atoms with Crippen LogP contribution in [-0.2, 0) is 10.3 Å². The fourth-order valence-electron chi connectivity index (χ4n) is 3.50. The molecule has 2 fully saturated rings. The molecule has 4 N–H and O–H groups in total. The summed E-state index contributed by atoms with van der Waals surface area (Å²) in [5.74, 6) is 0.0603. The van der Waals surface area contributed by atoms with Gasteiger partial charge in [0, 0.05) is 24.7 Å². The van der Waals surface area contributed by atoms with Gasteiger partial charge in [-0.1, -0.05) is 12.1 Å². The number of likely N-dealkylation sites (tertiary alicyclic amines) is 1. The predicted molar refractivity (Wildman–Crippen MR) is 100.0 cm³/mol. The fraction of sp³-hybridized carbons (Fsp3) is 0.500. The minimum absolute atomic E-state index is 0. The van der Waals surface area contributed by atoms with E-state index in [-0.39, 0.29) is 24.4 Å². The Labute approximate surface area is 159 Å². The third-order valence-electron chi connectivity index (χ3n) is 5.32. The number of hydrogen-bond donors (Lipinski definition) is 3. The fourth-order valence-corrected chi connectivity index (χ4v) is 3.50. The molecule has 0 radical (unpaired) electrons. The molecule has 1 aromatic rings. The van der Waals surface area contributed by atoms with Gasteiger partial charge in [-0.15, -0.1) is 12.4 Å². The van der Waals surface area contributed by atoms with Crippen LogP contribution in [0.3, 0.4) is 0 Å². The molecule has 2 aliphatic heterocycles. The SMILES string of the molecule is CC(N)C1CCN(C(=O)c2ccc(C3(C)NC(=O)NC3=O)cc2)CC1.Cl. The number of carbonyl (C=O) groups is 3. The van der Waals surface area contributed by atoms with Crippen molar-refractivity contribution in [2.75, 3.05) is 13.1 Å². The van der Waals surface area contributed by atoms with E-state index >= 15 is 0 Å². The van der Waals surface area contributed by atoms with E-state index < -0.39 is 17.5 Å². The van der Waals surface area contributed by atoms with Crippen LogP contribution >= 0.6 is 12.4 Å². The van der Waals surface area contributed by atoms with Gasteiger partial charge in [-0.25, -0.2) is 4.79 Å². The van der Waals surface area contributed by atoms with E-state index in [2.05, 4.69) is 10.6 Å². The average molecular weight is 381 g/mol. The van der Waals surface area contributed by atoms with Crippen molar-refractivity contribution in [3.8, 4) is 0 Å². The number of amides is 4. The lowest BCUT2D eigenvalue weighted by atomic mass is 9.90. The van der Waals surface area contributed by atoms with E-state index in [4.69, 9.17) is 5.73 Å².